The molecule has 114 valence electrons. The Bertz CT molecular complexity index is 636. The molecule has 0 heterocycles. The standard InChI is InChI=1S/C14H18FN3O2S/c1-3-9-17-14(16-4-2)18-10-11-21(19,20)13-8-6-5-7-12(13)15/h1,5-8H,4,9-11H2,2H3,(H2,16,17,18). The smallest absolute Gasteiger partial charge is 0.192 e. The molecule has 0 aliphatic rings. The molecule has 0 bridgehead atoms. The molecule has 0 aliphatic heterocycles. The molecule has 7 heteroatoms. The minimum Gasteiger partial charge on any atom is -0.357 e. The molecular formula is C14H18FN3O2S. The van der Waals surface area contributed by atoms with Gasteiger partial charge in [0.05, 0.1) is 18.8 Å². The fourth-order valence-corrected chi connectivity index (χ4v) is 2.76. The summed E-state index contributed by atoms with van der Waals surface area (Å²) >= 11 is 0. The third-order valence-corrected chi connectivity index (χ3v) is 4.23. The van der Waals surface area contributed by atoms with Gasteiger partial charge in [0.2, 0.25) is 0 Å². The maximum Gasteiger partial charge on any atom is 0.192 e. The van der Waals surface area contributed by atoms with E-state index in [9.17, 15) is 12.8 Å². The van der Waals surface area contributed by atoms with Crippen LogP contribution in [0.1, 0.15) is 6.92 Å². The summed E-state index contributed by atoms with van der Waals surface area (Å²) in [6.07, 6.45) is 5.13. The van der Waals surface area contributed by atoms with Crippen molar-refractivity contribution in [3.63, 3.8) is 0 Å². The van der Waals surface area contributed by atoms with E-state index in [0.29, 0.717) is 12.5 Å². The molecule has 5 nitrogen and oxygen atoms in total. The second-order valence-electron chi connectivity index (χ2n) is 4.07. The predicted octanol–water partition coefficient (Wildman–Crippen LogP) is 0.788. The van der Waals surface area contributed by atoms with E-state index in [1.54, 1.807) is 0 Å². The van der Waals surface area contributed by atoms with Crippen molar-refractivity contribution >= 4 is 15.8 Å². The first-order valence-electron chi connectivity index (χ1n) is 6.44. The second-order valence-corrected chi connectivity index (χ2v) is 6.15. The average molecular weight is 311 g/mol. The molecule has 0 aliphatic carbocycles. The highest BCUT2D eigenvalue weighted by Crippen LogP contribution is 2.14. The maximum absolute atomic E-state index is 13.5. The summed E-state index contributed by atoms with van der Waals surface area (Å²) in [6, 6.07) is 5.29. The molecule has 2 N–H and O–H groups in total. The molecule has 1 aromatic rings. The molecule has 0 aromatic heterocycles. The van der Waals surface area contributed by atoms with Crippen molar-refractivity contribution in [2.24, 2.45) is 4.99 Å². The Morgan fingerprint density at radius 1 is 1.38 bits per heavy atom. The van der Waals surface area contributed by atoms with E-state index in [-0.39, 0.29) is 23.7 Å². The van der Waals surface area contributed by atoms with Gasteiger partial charge in [-0.2, -0.15) is 0 Å². The quantitative estimate of drug-likeness (QED) is 0.463. The summed E-state index contributed by atoms with van der Waals surface area (Å²) in [4.78, 5) is 3.78. The van der Waals surface area contributed by atoms with Gasteiger partial charge in [0.15, 0.2) is 15.8 Å². The number of sulfone groups is 1. The Kier molecular flexibility index (Phi) is 6.69. The lowest BCUT2D eigenvalue weighted by Crippen LogP contribution is -2.37. The lowest BCUT2D eigenvalue weighted by Gasteiger charge is -2.09. The molecule has 21 heavy (non-hydrogen) atoms. The van der Waals surface area contributed by atoms with Gasteiger partial charge in [-0.1, -0.05) is 18.1 Å². The highest BCUT2D eigenvalue weighted by molar-refractivity contribution is 7.91. The van der Waals surface area contributed by atoms with Gasteiger partial charge in [-0.3, -0.25) is 4.99 Å². The number of terminal acetylenes is 1. The zero-order valence-electron chi connectivity index (χ0n) is 11.8. The van der Waals surface area contributed by atoms with E-state index in [2.05, 4.69) is 21.5 Å². The van der Waals surface area contributed by atoms with Gasteiger partial charge in [0, 0.05) is 6.54 Å². The first kappa shape index (κ1) is 17.0. The van der Waals surface area contributed by atoms with Crippen LogP contribution in [0.15, 0.2) is 34.2 Å². The fourth-order valence-electron chi connectivity index (χ4n) is 1.56. The third-order valence-electron chi connectivity index (χ3n) is 2.50. The molecule has 0 saturated heterocycles. The lowest BCUT2D eigenvalue weighted by atomic mass is 10.3. The van der Waals surface area contributed by atoms with Crippen molar-refractivity contribution in [1.82, 2.24) is 10.6 Å². The average Bonchev–Trinajstić information content (AvgIpc) is 2.45. The van der Waals surface area contributed by atoms with Crippen molar-refractivity contribution in [3.8, 4) is 12.3 Å². The summed E-state index contributed by atoms with van der Waals surface area (Å²) in [7, 11) is -3.70. The Morgan fingerprint density at radius 3 is 2.71 bits per heavy atom. The van der Waals surface area contributed by atoms with E-state index in [1.165, 1.54) is 18.2 Å². The number of hydrogen-bond donors (Lipinski definition) is 2. The molecule has 0 radical (unpaired) electrons. The van der Waals surface area contributed by atoms with E-state index >= 15 is 0 Å². The Balaban J connectivity index is 2.73. The second kappa shape index (κ2) is 8.27. The summed E-state index contributed by atoms with van der Waals surface area (Å²) in [5.41, 5.74) is 0. The number of halogens is 1. The van der Waals surface area contributed by atoms with Crippen molar-refractivity contribution in [1.29, 1.82) is 0 Å². The van der Waals surface area contributed by atoms with Crippen LogP contribution in [-0.2, 0) is 9.84 Å². The molecule has 1 rings (SSSR count). The van der Waals surface area contributed by atoms with Gasteiger partial charge < -0.3 is 10.6 Å². The zero-order chi connectivity index (χ0) is 15.7. The zero-order valence-corrected chi connectivity index (χ0v) is 12.6. The van der Waals surface area contributed by atoms with Gasteiger partial charge in [-0.15, -0.1) is 6.42 Å². The fraction of sp³-hybridized carbons (Fsp3) is 0.357. The van der Waals surface area contributed by atoms with Crippen LogP contribution in [0.4, 0.5) is 4.39 Å². The van der Waals surface area contributed by atoms with E-state index in [1.807, 2.05) is 6.92 Å². The summed E-state index contributed by atoms with van der Waals surface area (Å²) < 4.78 is 37.5. The van der Waals surface area contributed by atoms with Crippen molar-refractivity contribution < 1.29 is 12.8 Å². The van der Waals surface area contributed by atoms with E-state index < -0.39 is 15.7 Å². The first-order valence-corrected chi connectivity index (χ1v) is 8.09. The molecule has 0 saturated carbocycles. The number of nitrogens with zero attached hydrogens (tertiary/aromatic N) is 1. The highest BCUT2D eigenvalue weighted by atomic mass is 32.2. The van der Waals surface area contributed by atoms with E-state index in [4.69, 9.17) is 6.42 Å². The predicted molar refractivity (Wildman–Crippen MR) is 81.3 cm³/mol. The SMILES string of the molecule is C#CCNC(=NCCS(=O)(=O)c1ccccc1F)NCC. The summed E-state index contributed by atoms with van der Waals surface area (Å²) in [5, 5.41) is 5.77. The number of benzene rings is 1. The number of nitrogens with one attached hydrogen (secondary N) is 2. The number of guanidine groups is 1. The van der Waals surface area contributed by atoms with Crippen LogP contribution in [0.2, 0.25) is 0 Å². The van der Waals surface area contributed by atoms with Crippen LogP contribution in [0.25, 0.3) is 0 Å². The van der Waals surface area contributed by atoms with Gasteiger partial charge in [0.25, 0.3) is 0 Å². The van der Waals surface area contributed by atoms with Crippen LogP contribution in [0.5, 0.6) is 0 Å². The molecular weight excluding hydrogens is 293 g/mol. The Morgan fingerprint density at radius 2 is 2.10 bits per heavy atom. The van der Waals surface area contributed by atoms with Gasteiger partial charge in [-0.25, -0.2) is 12.8 Å². The monoisotopic (exact) mass is 311 g/mol. The molecule has 0 fully saturated rings. The number of rotatable bonds is 6. The summed E-state index contributed by atoms with van der Waals surface area (Å²) in [6.45, 7) is 2.79. The van der Waals surface area contributed by atoms with Crippen molar-refractivity contribution in [3.05, 3.63) is 30.1 Å². The van der Waals surface area contributed by atoms with Gasteiger partial charge in [-0.05, 0) is 19.1 Å². The minimum absolute atomic E-state index is 0.0105. The van der Waals surface area contributed by atoms with Crippen molar-refractivity contribution in [2.45, 2.75) is 11.8 Å². The largest absolute Gasteiger partial charge is 0.357 e. The molecule has 0 atom stereocenters. The molecule has 0 amide bonds. The molecule has 1 aromatic carbocycles. The third kappa shape index (κ3) is 5.44. The maximum atomic E-state index is 13.5. The van der Waals surface area contributed by atoms with Crippen LogP contribution in [0, 0.1) is 18.2 Å². The first-order chi connectivity index (χ1) is 10.0. The molecule has 0 unspecified atom stereocenters. The normalized spacial score (nSPS) is 11.8. The number of aliphatic imine (C=N–C) groups is 1. The van der Waals surface area contributed by atoms with Gasteiger partial charge in [0.1, 0.15) is 10.7 Å². The Hall–Kier alpha value is -2.07. The topological polar surface area (TPSA) is 70.6 Å². The van der Waals surface area contributed by atoms with Crippen LogP contribution in [0.3, 0.4) is 0 Å². The van der Waals surface area contributed by atoms with E-state index in [0.717, 1.165) is 6.07 Å². The van der Waals surface area contributed by atoms with Crippen molar-refractivity contribution in [2.75, 3.05) is 25.4 Å². The summed E-state index contributed by atoms with van der Waals surface area (Å²) in [5.74, 6) is 1.80. The van der Waals surface area contributed by atoms with Crippen LogP contribution < -0.4 is 10.6 Å². The number of hydrogen-bond acceptors (Lipinski definition) is 3. The van der Waals surface area contributed by atoms with Crippen LogP contribution >= 0.6 is 0 Å². The van der Waals surface area contributed by atoms with Crippen LogP contribution in [-0.4, -0.2) is 39.8 Å². The highest BCUT2D eigenvalue weighted by Gasteiger charge is 2.18. The van der Waals surface area contributed by atoms with Gasteiger partial charge >= 0.3 is 0 Å². The lowest BCUT2D eigenvalue weighted by molar-refractivity contribution is 0.567. The minimum atomic E-state index is -3.70. The Labute approximate surface area is 124 Å². The molecule has 0 spiro atoms.